The number of rotatable bonds is 6. The second kappa shape index (κ2) is 10.6. The maximum absolute atomic E-state index is 8.83. The number of anilines is 1. The fourth-order valence-electron chi connectivity index (χ4n) is 4.00. The predicted molar refractivity (Wildman–Crippen MR) is 145 cm³/mol. The Morgan fingerprint density at radius 2 is 1.97 bits per heavy atom. The van der Waals surface area contributed by atoms with Crippen LogP contribution >= 0.6 is 23.1 Å². The molecule has 0 bridgehead atoms. The van der Waals surface area contributed by atoms with E-state index in [4.69, 9.17) is 11.8 Å². The monoisotopic (exact) mass is 481 g/mol. The van der Waals surface area contributed by atoms with Crippen molar-refractivity contribution in [2.75, 3.05) is 11.4 Å². The molecule has 0 saturated carbocycles. The lowest BCUT2D eigenvalue weighted by Crippen LogP contribution is -2.33. The molecule has 0 radical (unpaired) electrons. The third kappa shape index (κ3) is 4.84. The van der Waals surface area contributed by atoms with Gasteiger partial charge in [-0.3, -0.25) is 0 Å². The molecule has 0 fully saturated rings. The number of nitriles is 1. The number of nitrogens with zero attached hydrogens (tertiary/aromatic N) is 4. The van der Waals surface area contributed by atoms with Crippen LogP contribution in [-0.2, 0) is 6.54 Å². The van der Waals surface area contributed by atoms with Gasteiger partial charge in [-0.05, 0) is 67.8 Å². The first kappa shape index (κ1) is 23.6. The highest BCUT2D eigenvalue weighted by atomic mass is 32.2. The number of hydrogen-bond acceptors (Lipinski definition) is 4. The van der Waals surface area contributed by atoms with Crippen molar-refractivity contribution in [3.05, 3.63) is 92.9 Å². The maximum atomic E-state index is 8.83. The molecule has 0 saturated heterocycles. The van der Waals surface area contributed by atoms with Crippen molar-refractivity contribution in [3.63, 3.8) is 0 Å². The van der Waals surface area contributed by atoms with Gasteiger partial charge in [0.2, 0.25) is 5.52 Å². The summed E-state index contributed by atoms with van der Waals surface area (Å²) in [5, 5.41) is 11.3. The summed E-state index contributed by atoms with van der Waals surface area (Å²) < 4.78 is 3.57. The Hall–Kier alpha value is -3.58. The number of fused-ring (bicyclic) bond motifs is 2. The number of thiazole rings is 1. The number of hydrogen-bond donors (Lipinski definition) is 0. The van der Waals surface area contributed by atoms with Crippen LogP contribution in [0.25, 0.3) is 33.3 Å². The van der Waals surface area contributed by atoms with E-state index < -0.39 is 0 Å². The summed E-state index contributed by atoms with van der Waals surface area (Å²) in [4.78, 5) is 6.89. The van der Waals surface area contributed by atoms with Crippen molar-refractivity contribution in [2.45, 2.75) is 32.2 Å². The Morgan fingerprint density at radius 1 is 1.18 bits per heavy atom. The number of allylic oxidation sites excluding steroid dienone is 3. The van der Waals surface area contributed by atoms with E-state index in [0.717, 1.165) is 24.2 Å². The van der Waals surface area contributed by atoms with E-state index in [-0.39, 0.29) is 0 Å². The Bertz CT molecular complexity index is 1440. The Kier molecular flexibility index (Phi) is 7.33. The standard InChI is InChI=1S/C28H25N4S2/c1-5-31-23-18-21(8-7-14-29)9-11-25(23)33-27(31)16-20(3)17-28-32(6-2)24-19-22(13-15-30-4)10-12-26(24)34-28/h7-13,15-19H,5-6H2,1-3H3/q+1. The van der Waals surface area contributed by atoms with Crippen LogP contribution in [0.3, 0.4) is 0 Å². The molecule has 1 aliphatic heterocycles. The lowest BCUT2D eigenvalue weighted by atomic mass is 10.2. The van der Waals surface area contributed by atoms with E-state index in [1.807, 2.05) is 12.2 Å². The van der Waals surface area contributed by atoms with E-state index >= 15 is 0 Å². The lowest BCUT2D eigenvalue weighted by molar-refractivity contribution is -0.665. The summed E-state index contributed by atoms with van der Waals surface area (Å²) in [6, 6.07) is 14.8. The minimum absolute atomic E-state index is 0.878. The summed E-state index contributed by atoms with van der Waals surface area (Å²) in [6.45, 7) is 15.2. The van der Waals surface area contributed by atoms with Crippen LogP contribution in [0, 0.1) is 17.9 Å². The van der Waals surface area contributed by atoms with Gasteiger partial charge >= 0.3 is 0 Å². The van der Waals surface area contributed by atoms with Gasteiger partial charge < -0.3 is 4.90 Å². The number of aryl methyl sites for hydroxylation is 1. The molecule has 0 spiro atoms. The molecule has 34 heavy (non-hydrogen) atoms. The van der Waals surface area contributed by atoms with Crippen LogP contribution in [0.5, 0.6) is 0 Å². The van der Waals surface area contributed by atoms with Crippen LogP contribution < -0.4 is 9.47 Å². The van der Waals surface area contributed by atoms with Crippen molar-refractivity contribution >= 4 is 57.2 Å². The first-order chi connectivity index (χ1) is 16.6. The molecular formula is C28H25N4S2+. The third-order valence-corrected chi connectivity index (χ3v) is 7.76. The van der Waals surface area contributed by atoms with Gasteiger partial charge in [0, 0.05) is 29.7 Å². The van der Waals surface area contributed by atoms with Crippen LogP contribution in [0.15, 0.2) is 70.2 Å². The average Bonchev–Trinajstić information content (AvgIpc) is 3.36. The van der Waals surface area contributed by atoms with Crippen LogP contribution in [0.4, 0.5) is 5.69 Å². The molecule has 1 aromatic heterocycles. The van der Waals surface area contributed by atoms with Crippen LogP contribution in [0.2, 0.25) is 0 Å². The fourth-order valence-corrected chi connectivity index (χ4v) is 6.43. The Balaban J connectivity index is 1.67. The Morgan fingerprint density at radius 3 is 2.71 bits per heavy atom. The van der Waals surface area contributed by atoms with E-state index in [1.54, 1.807) is 23.1 Å². The van der Waals surface area contributed by atoms with Crippen LogP contribution in [0.1, 0.15) is 36.9 Å². The summed E-state index contributed by atoms with van der Waals surface area (Å²) in [5.41, 5.74) is 5.66. The average molecular weight is 482 g/mol. The highest BCUT2D eigenvalue weighted by molar-refractivity contribution is 8.03. The minimum atomic E-state index is 0.878. The summed E-state index contributed by atoms with van der Waals surface area (Å²) in [6.07, 6.45) is 11.2. The molecule has 1 aliphatic rings. The van der Waals surface area contributed by atoms with Crippen molar-refractivity contribution < 1.29 is 4.57 Å². The first-order valence-electron chi connectivity index (χ1n) is 11.1. The molecule has 168 valence electrons. The number of benzene rings is 2. The van der Waals surface area contributed by atoms with E-state index in [2.05, 4.69) is 89.7 Å². The van der Waals surface area contributed by atoms with Crippen LogP contribution in [-0.4, -0.2) is 6.54 Å². The molecule has 0 aliphatic carbocycles. The molecule has 2 heterocycles. The quantitative estimate of drug-likeness (QED) is 0.208. The highest BCUT2D eigenvalue weighted by Gasteiger charge is 2.24. The van der Waals surface area contributed by atoms with Crippen molar-refractivity contribution in [1.29, 1.82) is 5.26 Å². The van der Waals surface area contributed by atoms with Gasteiger partial charge in [-0.2, -0.15) is 9.83 Å². The summed E-state index contributed by atoms with van der Waals surface area (Å²) in [7, 11) is 0. The van der Waals surface area contributed by atoms with Gasteiger partial charge in [0.1, 0.15) is 11.2 Å². The molecule has 0 amide bonds. The topological polar surface area (TPSA) is 35.3 Å². The molecule has 4 rings (SSSR count). The van der Waals surface area contributed by atoms with Crippen molar-refractivity contribution in [1.82, 2.24) is 0 Å². The molecule has 4 nitrogen and oxygen atoms in total. The normalized spacial score (nSPS) is 14.9. The predicted octanol–water partition coefficient (Wildman–Crippen LogP) is 7.51. The minimum Gasteiger partial charge on any atom is -0.335 e. The highest BCUT2D eigenvalue weighted by Crippen LogP contribution is 2.46. The second-order valence-corrected chi connectivity index (χ2v) is 9.89. The van der Waals surface area contributed by atoms with Crippen molar-refractivity contribution in [2.24, 2.45) is 0 Å². The van der Waals surface area contributed by atoms with Crippen molar-refractivity contribution in [3.8, 4) is 6.07 Å². The zero-order chi connectivity index (χ0) is 24.1. The molecule has 3 aromatic rings. The third-order valence-electron chi connectivity index (χ3n) is 5.54. The van der Waals surface area contributed by atoms with E-state index in [9.17, 15) is 0 Å². The molecular weight excluding hydrogens is 456 g/mol. The largest absolute Gasteiger partial charge is 0.335 e. The fraction of sp³-hybridized carbons (Fsp3) is 0.179. The van der Waals surface area contributed by atoms with Gasteiger partial charge in [-0.1, -0.05) is 41.3 Å². The molecule has 2 aromatic carbocycles. The van der Waals surface area contributed by atoms with E-state index in [1.165, 1.54) is 48.7 Å². The molecule has 0 atom stereocenters. The SMILES string of the molecule is [C-]#[N+]C=Cc1ccc2c(c1)N(CC)C(=CC(C)=Cc1sc3ccc(C=CC#N)cc3[n+]1CC)S2. The van der Waals surface area contributed by atoms with Gasteiger partial charge in [0.15, 0.2) is 6.20 Å². The molecule has 0 unspecified atom stereocenters. The summed E-state index contributed by atoms with van der Waals surface area (Å²) >= 11 is 3.58. The maximum Gasteiger partial charge on any atom is 0.262 e. The van der Waals surface area contributed by atoms with E-state index in [0.29, 0.717) is 0 Å². The molecule has 0 N–H and O–H groups in total. The number of thioether (sulfide) groups is 1. The smallest absolute Gasteiger partial charge is 0.262 e. The van der Waals surface area contributed by atoms with Gasteiger partial charge in [0.05, 0.1) is 23.4 Å². The zero-order valence-corrected chi connectivity index (χ0v) is 21.1. The number of aromatic nitrogens is 1. The zero-order valence-electron chi connectivity index (χ0n) is 19.4. The van der Waals surface area contributed by atoms with Gasteiger partial charge in [-0.15, -0.1) is 0 Å². The summed E-state index contributed by atoms with van der Waals surface area (Å²) in [5.74, 6) is 0. The first-order valence-corrected chi connectivity index (χ1v) is 12.8. The Labute approximate surface area is 209 Å². The van der Waals surface area contributed by atoms with Gasteiger partial charge in [0.25, 0.3) is 5.01 Å². The second-order valence-electron chi connectivity index (χ2n) is 7.76. The van der Waals surface area contributed by atoms with Gasteiger partial charge in [-0.25, -0.2) is 4.85 Å². The molecule has 6 heteroatoms. The lowest BCUT2D eigenvalue weighted by Gasteiger charge is -2.18.